The van der Waals surface area contributed by atoms with E-state index in [0.717, 1.165) is 30.0 Å². The van der Waals surface area contributed by atoms with E-state index in [0.29, 0.717) is 28.6 Å². The van der Waals surface area contributed by atoms with E-state index in [-0.39, 0.29) is 5.91 Å². The topological polar surface area (TPSA) is 90.0 Å². The van der Waals surface area contributed by atoms with E-state index in [1.54, 1.807) is 23.0 Å². The second kappa shape index (κ2) is 8.53. The Morgan fingerprint density at radius 1 is 1.16 bits per heavy atom. The molecule has 1 N–H and O–H groups in total. The SMILES string of the molecule is CC[C@H]1CC[C@H](n2cc(NC(=O)c3cnn4cccnc34)c(-c3ccc(C)cn3)n2)CC1. The molecule has 8 heteroatoms. The van der Waals surface area contributed by atoms with Crippen molar-refractivity contribution in [1.82, 2.24) is 29.4 Å². The summed E-state index contributed by atoms with van der Waals surface area (Å²) in [6.07, 6.45) is 14.6. The first-order chi connectivity index (χ1) is 15.6. The van der Waals surface area contributed by atoms with Gasteiger partial charge in [-0.1, -0.05) is 19.4 Å². The Balaban J connectivity index is 1.47. The zero-order chi connectivity index (χ0) is 22.1. The van der Waals surface area contributed by atoms with E-state index in [1.165, 1.54) is 25.5 Å². The number of pyridine rings is 1. The molecule has 8 nitrogen and oxygen atoms in total. The number of amides is 1. The van der Waals surface area contributed by atoms with Gasteiger partial charge in [0.15, 0.2) is 5.65 Å². The van der Waals surface area contributed by atoms with Crippen LogP contribution in [0, 0.1) is 12.8 Å². The predicted octanol–water partition coefficient (Wildman–Crippen LogP) is 4.69. The fourth-order valence-electron chi connectivity index (χ4n) is 4.46. The second-order valence-corrected chi connectivity index (χ2v) is 8.58. The number of aromatic nitrogens is 6. The normalized spacial score (nSPS) is 18.7. The molecule has 5 rings (SSSR count). The molecule has 4 heterocycles. The maximum absolute atomic E-state index is 13.1. The first-order valence-corrected chi connectivity index (χ1v) is 11.2. The Bertz CT molecular complexity index is 1230. The Morgan fingerprint density at radius 3 is 2.75 bits per heavy atom. The van der Waals surface area contributed by atoms with Gasteiger partial charge in [-0.15, -0.1) is 0 Å². The van der Waals surface area contributed by atoms with E-state index in [4.69, 9.17) is 5.10 Å². The number of carbonyl (C=O) groups excluding carboxylic acids is 1. The molecule has 0 spiro atoms. The van der Waals surface area contributed by atoms with Crippen LogP contribution in [0.1, 0.15) is 61.0 Å². The third-order valence-corrected chi connectivity index (χ3v) is 6.43. The summed E-state index contributed by atoms with van der Waals surface area (Å²) in [6.45, 7) is 4.27. The highest BCUT2D eigenvalue weighted by molar-refractivity contribution is 6.09. The van der Waals surface area contributed by atoms with Crippen LogP contribution in [0.2, 0.25) is 0 Å². The van der Waals surface area contributed by atoms with E-state index in [2.05, 4.69) is 27.3 Å². The highest BCUT2D eigenvalue weighted by Gasteiger charge is 2.25. The summed E-state index contributed by atoms with van der Waals surface area (Å²) in [5.41, 5.74) is 4.09. The minimum Gasteiger partial charge on any atom is -0.319 e. The monoisotopic (exact) mass is 429 g/mol. The molecule has 164 valence electrons. The van der Waals surface area contributed by atoms with Crippen molar-refractivity contribution >= 4 is 17.2 Å². The maximum Gasteiger partial charge on any atom is 0.261 e. The zero-order valence-corrected chi connectivity index (χ0v) is 18.4. The smallest absolute Gasteiger partial charge is 0.261 e. The third-order valence-electron chi connectivity index (χ3n) is 6.43. The predicted molar refractivity (Wildman–Crippen MR) is 122 cm³/mol. The number of aryl methyl sites for hydroxylation is 1. The van der Waals surface area contributed by atoms with E-state index < -0.39 is 0 Å². The lowest BCUT2D eigenvalue weighted by Gasteiger charge is -2.27. The van der Waals surface area contributed by atoms with Gasteiger partial charge in [-0.3, -0.25) is 14.5 Å². The summed E-state index contributed by atoms with van der Waals surface area (Å²) < 4.78 is 3.61. The maximum atomic E-state index is 13.1. The first-order valence-electron chi connectivity index (χ1n) is 11.2. The van der Waals surface area contributed by atoms with Gasteiger partial charge in [0.25, 0.3) is 5.91 Å². The van der Waals surface area contributed by atoms with E-state index in [1.807, 2.05) is 36.1 Å². The van der Waals surface area contributed by atoms with Crippen LogP contribution in [-0.2, 0) is 0 Å². The minimum atomic E-state index is -0.263. The van der Waals surface area contributed by atoms with Gasteiger partial charge < -0.3 is 5.32 Å². The summed E-state index contributed by atoms with van der Waals surface area (Å²) >= 11 is 0. The fourth-order valence-corrected chi connectivity index (χ4v) is 4.46. The summed E-state index contributed by atoms with van der Waals surface area (Å²) in [6, 6.07) is 6.07. The lowest BCUT2D eigenvalue weighted by Crippen LogP contribution is -2.18. The molecule has 1 fully saturated rings. The summed E-state index contributed by atoms with van der Waals surface area (Å²) in [4.78, 5) is 22.0. The van der Waals surface area contributed by atoms with Gasteiger partial charge in [0.1, 0.15) is 11.3 Å². The minimum absolute atomic E-state index is 0.263. The molecular weight excluding hydrogens is 402 g/mol. The van der Waals surface area contributed by atoms with Crippen molar-refractivity contribution in [1.29, 1.82) is 0 Å². The molecule has 32 heavy (non-hydrogen) atoms. The van der Waals surface area contributed by atoms with E-state index in [9.17, 15) is 4.79 Å². The molecule has 4 aromatic heterocycles. The number of hydrogen-bond donors (Lipinski definition) is 1. The van der Waals surface area contributed by atoms with Gasteiger partial charge >= 0.3 is 0 Å². The number of hydrogen-bond acceptors (Lipinski definition) is 5. The van der Waals surface area contributed by atoms with Crippen molar-refractivity contribution in [2.45, 2.75) is 52.0 Å². The van der Waals surface area contributed by atoms with Crippen molar-refractivity contribution in [2.75, 3.05) is 5.32 Å². The summed E-state index contributed by atoms with van der Waals surface area (Å²) in [5, 5.41) is 12.2. The third kappa shape index (κ3) is 3.88. The van der Waals surface area contributed by atoms with Crippen LogP contribution in [0.4, 0.5) is 5.69 Å². The van der Waals surface area contributed by atoms with Crippen molar-refractivity contribution in [2.24, 2.45) is 5.92 Å². The van der Waals surface area contributed by atoms with Gasteiger partial charge in [0.2, 0.25) is 0 Å². The van der Waals surface area contributed by atoms with Gasteiger partial charge in [0, 0.05) is 24.8 Å². The molecule has 0 radical (unpaired) electrons. The number of fused-ring (bicyclic) bond motifs is 1. The van der Waals surface area contributed by atoms with Crippen LogP contribution in [-0.4, -0.2) is 35.3 Å². The molecule has 0 bridgehead atoms. The summed E-state index contributed by atoms with van der Waals surface area (Å²) in [7, 11) is 0. The molecule has 1 amide bonds. The zero-order valence-electron chi connectivity index (χ0n) is 18.4. The highest BCUT2D eigenvalue weighted by Crippen LogP contribution is 2.36. The summed E-state index contributed by atoms with van der Waals surface area (Å²) in [5.74, 6) is 0.545. The fraction of sp³-hybridized carbons (Fsp3) is 0.375. The first kappa shape index (κ1) is 20.4. The quantitative estimate of drug-likeness (QED) is 0.497. The van der Waals surface area contributed by atoms with Gasteiger partial charge in [-0.25, -0.2) is 9.50 Å². The van der Waals surface area contributed by atoms with Gasteiger partial charge in [0.05, 0.1) is 23.6 Å². The molecule has 4 aromatic rings. The average molecular weight is 430 g/mol. The standard InChI is InChI=1S/C24H27N7O/c1-3-17-6-8-18(9-7-17)31-15-21(22(29-31)20-10-5-16(2)13-26-20)28-24(32)19-14-27-30-12-4-11-25-23(19)30/h4-5,10-15,17-18H,3,6-9H2,1-2H3,(H,28,32)/t17-,18-. The van der Waals surface area contributed by atoms with Crippen molar-refractivity contribution in [3.63, 3.8) is 0 Å². The molecule has 0 saturated heterocycles. The molecule has 1 aliphatic rings. The molecule has 1 saturated carbocycles. The van der Waals surface area contributed by atoms with Crippen LogP contribution >= 0.6 is 0 Å². The van der Waals surface area contributed by atoms with Gasteiger partial charge in [-0.05, 0) is 56.2 Å². The molecule has 0 unspecified atom stereocenters. The lowest BCUT2D eigenvalue weighted by molar-refractivity contribution is 0.102. The van der Waals surface area contributed by atoms with Crippen LogP contribution in [0.15, 0.2) is 49.2 Å². The van der Waals surface area contributed by atoms with Crippen molar-refractivity contribution in [3.8, 4) is 11.4 Å². The van der Waals surface area contributed by atoms with Crippen LogP contribution in [0.25, 0.3) is 17.0 Å². The number of anilines is 1. The number of rotatable bonds is 5. The molecule has 0 aromatic carbocycles. The average Bonchev–Trinajstić information content (AvgIpc) is 3.44. The van der Waals surface area contributed by atoms with Crippen LogP contribution in [0.3, 0.4) is 0 Å². The Hall–Kier alpha value is -3.55. The van der Waals surface area contributed by atoms with Gasteiger partial charge in [-0.2, -0.15) is 10.2 Å². The highest BCUT2D eigenvalue weighted by atomic mass is 16.1. The molecule has 1 aliphatic carbocycles. The molecule has 0 aliphatic heterocycles. The second-order valence-electron chi connectivity index (χ2n) is 8.58. The Morgan fingerprint density at radius 2 is 2.00 bits per heavy atom. The Labute approximate surface area is 186 Å². The van der Waals surface area contributed by atoms with E-state index >= 15 is 0 Å². The van der Waals surface area contributed by atoms with Crippen molar-refractivity contribution in [3.05, 3.63) is 60.3 Å². The van der Waals surface area contributed by atoms with Crippen molar-refractivity contribution < 1.29 is 4.79 Å². The largest absolute Gasteiger partial charge is 0.319 e. The number of nitrogens with one attached hydrogen (secondary N) is 1. The number of nitrogens with zero attached hydrogens (tertiary/aromatic N) is 6. The lowest BCUT2D eigenvalue weighted by atomic mass is 9.85. The van der Waals surface area contributed by atoms with Crippen LogP contribution < -0.4 is 5.32 Å². The number of carbonyl (C=O) groups is 1. The molecular formula is C24H27N7O. The Kier molecular flexibility index (Phi) is 5.43. The molecule has 0 atom stereocenters. The van der Waals surface area contributed by atoms with Crippen LogP contribution in [0.5, 0.6) is 0 Å².